The molecule has 59 valence electrons. The summed E-state index contributed by atoms with van der Waals surface area (Å²) in [5.41, 5.74) is 1.50. The van der Waals surface area contributed by atoms with E-state index in [1.54, 1.807) is 18.4 Å². The van der Waals surface area contributed by atoms with Gasteiger partial charge in [-0.2, -0.15) is 0 Å². The summed E-state index contributed by atoms with van der Waals surface area (Å²) in [6.07, 6.45) is 1.57. The Kier molecular flexibility index (Phi) is 1.47. The number of Topliss-reactive ketones (excluding diaryl/α,β-unsaturated/α-hetero) is 1. The Morgan fingerprint density at radius 2 is 2.42 bits per heavy atom. The fourth-order valence-electron chi connectivity index (χ4n) is 1.11. The van der Waals surface area contributed by atoms with E-state index in [0.717, 1.165) is 5.56 Å². The highest BCUT2D eigenvalue weighted by molar-refractivity contribution is 5.96. The zero-order valence-corrected chi connectivity index (χ0v) is 6.63. The molecule has 0 bridgehead atoms. The van der Waals surface area contributed by atoms with Gasteiger partial charge < -0.3 is 4.42 Å². The average molecular weight is 159 g/mol. The van der Waals surface area contributed by atoms with Crippen LogP contribution in [-0.2, 0) is 0 Å². The van der Waals surface area contributed by atoms with Gasteiger partial charge in [-0.25, -0.2) is 0 Å². The summed E-state index contributed by atoms with van der Waals surface area (Å²) < 4.78 is 5.13. The van der Waals surface area contributed by atoms with Crippen LogP contribution < -0.4 is 0 Å². The molecule has 0 aromatic rings. The molecular formula is C10H7O2. The average Bonchev–Trinajstić information content (AvgIpc) is 2.46. The smallest absolute Gasteiger partial charge is 0.160 e. The van der Waals surface area contributed by atoms with E-state index in [2.05, 4.69) is 6.07 Å². The Hall–Kier alpha value is -1.57. The van der Waals surface area contributed by atoms with Crippen LogP contribution in [0.5, 0.6) is 0 Å². The van der Waals surface area contributed by atoms with Crippen LogP contribution in [0.15, 0.2) is 28.9 Å². The third-order valence-electron chi connectivity index (χ3n) is 1.73. The molecule has 0 fully saturated rings. The largest absolute Gasteiger partial charge is 0.464 e. The molecule has 1 heterocycles. The molecule has 2 heteroatoms. The lowest BCUT2D eigenvalue weighted by atomic mass is 10.2. The van der Waals surface area contributed by atoms with Crippen molar-refractivity contribution in [2.45, 2.75) is 6.92 Å². The van der Waals surface area contributed by atoms with Crippen LogP contribution in [0.4, 0.5) is 0 Å². The zero-order chi connectivity index (χ0) is 8.55. The molecule has 12 heavy (non-hydrogen) atoms. The number of carbonyl (C=O) groups excluding carboxylic acids is 1. The summed E-state index contributed by atoms with van der Waals surface area (Å²) in [5, 5.41) is 0. The predicted octanol–water partition coefficient (Wildman–Crippen LogP) is 2.39. The van der Waals surface area contributed by atoms with Gasteiger partial charge >= 0.3 is 0 Å². The van der Waals surface area contributed by atoms with Gasteiger partial charge in [0.15, 0.2) is 5.78 Å². The molecule has 0 unspecified atom stereocenters. The van der Waals surface area contributed by atoms with Crippen molar-refractivity contribution in [2.24, 2.45) is 0 Å². The van der Waals surface area contributed by atoms with E-state index < -0.39 is 0 Å². The number of rotatable bonds is 1. The first-order valence-electron chi connectivity index (χ1n) is 3.68. The summed E-state index contributed by atoms with van der Waals surface area (Å²) in [7, 11) is 0. The number of ketones is 1. The molecule has 0 spiro atoms. The first-order chi connectivity index (χ1) is 5.77. The number of hydrogen-bond acceptors (Lipinski definition) is 2. The highest BCUT2D eigenvalue weighted by Crippen LogP contribution is 2.24. The van der Waals surface area contributed by atoms with Crippen molar-refractivity contribution in [1.82, 2.24) is 0 Å². The van der Waals surface area contributed by atoms with E-state index in [9.17, 15) is 4.79 Å². The van der Waals surface area contributed by atoms with Crippen LogP contribution in [-0.4, -0.2) is 5.78 Å². The molecule has 1 aliphatic carbocycles. The van der Waals surface area contributed by atoms with Crippen LogP contribution in [0, 0.1) is 6.07 Å². The maximum atomic E-state index is 10.9. The maximum Gasteiger partial charge on any atom is 0.160 e. The second-order valence-electron chi connectivity index (χ2n) is 2.64. The van der Waals surface area contributed by atoms with E-state index >= 15 is 0 Å². The van der Waals surface area contributed by atoms with Gasteiger partial charge in [0.25, 0.3) is 0 Å². The molecule has 1 radical (unpaired) electrons. The van der Waals surface area contributed by atoms with Crippen LogP contribution in [0.2, 0.25) is 0 Å². The third-order valence-corrected chi connectivity index (χ3v) is 1.73. The van der Waals surface area contributed by atoms with Crippen molar-refractivity contribution in [1.29, 1.82) is 0 Å². The number of carbonyl (C=O) groups is 1. The lowest BCUT2D eigenvalue weighted by Gasteiger charge is -1.91. The van der Waals surface area contributed by atoms with Gasteiger partial charge in [-0.1, -0.05) is 0 Å². The predicted molar refractivity (Wildman–Crippen MR) is 44.2 cm³/mol. The first kappa shape index (κ1) is 7.10. The van der Waals surface area contributed by atoms with Crippen LogP contribution >= 0.6 is 0 Å². The Morgan fingerprint density at radius 1 is 1.58 bits per heavy atom. The van der Waals surface area contributed by atoms with Crippen molar-refractivity contribution >= 4 is 5.78 Å². The minimum Gasteiger partial charge on any atom is -0.464 e. The third kappa shape index (κ3) is 1.01. The number of hydrogen-bond donors (Lipinski definition) is 0. The van der Waals surface area contributed by atoms with Crippen molar-refractivity contribution < 1.29 is 9.21 Å². The Balaban J connectivity index is 2.63. The molecule has 2 nitrogen and oxygen atoms in total. The van der Waals surface area contributed by atoms with Gasteiger partial charge in [0, 0.05) is 17.2 Å². The fourth-order valence-corrected chi connectivity index (χ4v) is 1.11. The van der Waals surface area contributed by atoms with Crippen molar-refractivity contribution in [2.75, 3.05) is 0 Å². The van der Waals surface area contributed by atoms with Crippen LogP contribution in [0.1, 0.15) is 17.3 Å². The lowest BCUT2D eigenvalue weighted by Crippen LogP contribution is -1.85. The van der Waals surface area contributed by atoms with Gasteiger partial charge in [0.1, 0.15) is 5.76 Å². The van der Waals surface area contributed by atoms with E-state index in [4.69, 9.17) is 4.42 Å². The minimum absolute atomic E-state index is 0.0152. The second kappa shape index (κ2) is 2.48. The fraction of sp³-hybridized carbons (Fsp3) is 0.100. The SMILES string of the molecule is CC(=O)c1[c]c2occcc-2c1. The van der Waals surface area contributed by atoms with Gasteiger partial charge in [-0.15, -0.1) is 0 Å². The van der Waals surface area contributed by atoms with E-state index in [1.165, 1.54) is 6.92 Å². The standard InChI is InChI=1S/C10H7O2/c1-7(11)9-5-8-3-2-4-12-10(8)6-9/h2-5H,1H3. The molecule has 0 N–H and O–H groups in total. The first-order valence-corrected chi connectivity index (χ1v) is 3.68. The molecule has 0 atom stereocenters. The molecule has 0 saturated heterocycles. The summed E-state index contributed by atoms with van der Waals surface area (Å²) in [4.78, 5) is 10.9. The zero-order valence-electron chi connectivity index (χ0n) is 6.63. The normalized spacial score (nSPS) is 10.4. The van der Waals surface area contributed by atoms with Gasteiger partial charge in [-0.05, 0) is 25.1 Å². The summed E-state index contributed by atoms with van der Waals surface area (Å²) in [6.45, 7) is 1.52. The summed E-state index contributed by atoms with van der Waals surface area (Å²) in [6, 6.07) is 8.34. The van der Waals surface area contributed by atoms with Gasteiger partial charge in [0.2, 0.25) is 0 Å². The maximum absolute atomic E-state index is 10.9. The van der Waals surface area contributed by atoms with Gasteiger partial charge in [-0.3, -0.25) is 4.79 Å². The highest BCUT2D eigenvalue weighted by Gasteiger charge is 2.10. The quantitative estimate of drug-likeness (QED) is 0.598. The van der Waals surface area contributed by atoms with E-state index in [1.807, 2.05) is 6.07 Å². The van der Waals surface area contributed by atoms with Crippen molar-refractivity contribution in [3.8, 4) is 11.3 Å². The van der Waals surface area contributed by atoms with E-state index in [0.29, 0.717) is 11.3 Å². The van der Waals surface area contributed by atoms with Crippen molar-refractivity contribution in [3.05, 3.63) is 36.1 Å². The molecule has 1 aliphatic heterocycles. The molecule has 0 saturated carbocycles. The molecule has 2 aliphatic rings. The van der Waals surface area contributed by atoms with Crippen LogP contribution in [0.3, 0.4) is 0 Å². The summed E-state index contributed by atoms with van der Waals surface area (Å²) in [5.74, 6) is 0.657. The summed E-state index contributed by atoms with van der Waals surface area (Å²) >= 11 is 0. The molecule has 2 rings (SSSR count). The number of fused-ring (bicyclic) bond motifs is 1. The molecular weight excluding hydrogens is 152 g/mol. The minimum atomic E-state index is 0.0152. The Bertz CT molecular complexity index is 357. The topological polar surface area (TPSA) is 30.2 Å². The van der Waals surface area contributed by atoms with Crippen molar-refractivity contribution in [3.63, 3.8) is 0 Å². The molecule has 0 amide bonds. The highest BCUT2D eigenvalue weighted by atomic mass is 16.3. The molecule has 0 aromatic heterocycles. The van der Waals surface area contributed by atoms with E-state index in [-0.39, 0.29) is 5.78 Å². The Morgan fingerprint density at radius 3 is 3.08 bits per heavy atom. The van der Waals surface area contributed by atoms with Crippen LogP contribution in [0.25, 0.3) is 11.3 Å². The monoisotopic (exact) mass is 159 g/mol. The lowest BCUT2D eigenvalue weighted by molar-refractivity contribution is 0.101. The van der Waals surface area contributed by atoms with Gasteiger partial charge in [0.05, 0.1) is 6.26 Å². The molecule has 0 aromatic carbocycles. The Labute approximate surface area is 70.2 Å². The second-order valence-corrected chi connectivity index (χ2v) is 2.64.